The van der Waals surface area contributed by atoms with Crippen LogP contribution in [0.1, 0.15) is 23.5 Å². The maximum absolute atomic E-state index is 13.1. The summed E-state index contributed by atoms with van der Waals surface area (Å²) in [4.78, 5) is 26.3. The molecule has 0 saturated carbocycles. The molecule has 1 saturated heterocycles. The molecule has 0 spiro atoms. The van der Waals surface area contributed by atoms with E-state index in [1.54, 1.807) is 6.33 Å². The average molecular weight is 358 g/mol. The van der Waals surface area contributed by atoms with Crippen LogP contribution in [0.4, 0.5) is 5.82 Å². The van der Waals surface area contributed by atoms with Crippen molar-refractivity contribution in [3.8, 4) is 0 Å². The molecule has 3 aromatic rings. The Kier molecular flexibility index (Phi) is 4.00. The number of para-hydroxylation sites is 1. The minimum absolute atomic E-state index is 0.0348. The van der Waals surface area contributed by atoms with Gasteiger partial charge in [0.2, 0.25) is 5.91 Å². The quantitative estimate of drug-likeness (QED) is 0.707. The molecule has 1 unspecified atom stereocenters. The number of hydrogen-bond acceptors (Lipinski definition) is 4. The van der Waals surface area contributed by atoms with E-state index >= 15 is 0 Å². The van der Waals surface area contributed by atoms with E-state index in [2.05, 4.69) is 39.1 Å². The summed E-state index contributed by atoms with van der Waals surface area (Å²) < 4.78 is 0. The van der Waals surface area contributed by atoms with Crippen molar-refractivity contribution in [1.82, 2.24) is 14.9 Å². The highest BCUT2D eigenvalue weighted by Gasteiger charge is 2.33. The minimum Gasteiger partial charge on any atom is -0.352 e. The Labute approximate surface area is 158 Å². The van der Waals surface area contributed by atoms with Crippen LogP contribution >= 0.6 is 0 Å². The predicted octanol–water partition coefficient (Wildman–Crippen LogP) is 3.01. The molecule has 1 aliphatic heterocycles. The molecule has 1 fully saturated rings. The van der Waals surface area contributed by atoms with E-state index < -0.39 is 0 Å². The molecule has 5 heteroatoms. The lowest BCUT2D eigenvalue weighted by atomic mass is 9.99. The Morgan fingerprint density at radius 1 is 0.926 bits per heavy atom. The molecule has 0 bridgehead atoms. The SMILES string of the molecule is O=C(C1CCc2ccccc21)N1CCN(c2ncnc3ccccc23)CC1. The van der Waals surface area contributed by atoms with Crippen LogP contribution in [0, 0.1) is 0 Å². The number of aryl methyl sites for hydroxylation is 1. The summed E-state index contributed by atoms with van der Waals surface area (Å²) >= 11 is 0. The van der Waals surface area contributed by atoms with Crippen molar-refractivity contribution in [2.75, 3.05) is 31.1 Å². The second kappa shape index (κ2) is 6.65. The van der Waals surface area contributed by atoms with Crippen molar-refractivity contribution in [3.05, 3.63) is 66.0 Å². The zero-order chi connectivity index (χ0) is 18.2. The first-order valence-electron chi connectivity index (χ1n) is 9.62. The van der Waals surface area contributed by atoms with E-state index in [1.807, 2.05) is 29.2 Å². The standard InChI is InChI=1S/C22H22N4O/c27-22(18-10-9-16-5-1-2-6-17(16)18)26-13-11-25(12-14-26)21-19-7-3-4-8-20(19)23-15-24-21/h1-8,15,18H,9-14H2. The maximum Gasteiger partial charge on any atom is 0.230 e. The third-order valence-electron chi connectivity index (χ3n) is 5.84. The molecule has 136 valence electrons. The van der Waals surface area contributed by atoms with Crippen molar-refractivity contribution in [2.45, 2.75) is 18.8 Å². The monoisotopic (exact) mass is 358 g/mol. The van der Waals surface area contributed by atoms with Crippen LogP contribution in [0.3, 0.4) is 0 Å². The minimum atomic E-state index is 0.0348. The van der Waals surface area contributed by atoms with Gasteiger partial charge in [-0.25, -0.2) is 9.97 Å². The van der Waals surface area contributed by atoms with Gasteiger partial charge in [0, 0.05) is 31.6 Å². The smallest absolute Gasteiger partial charge is 0.230 e. The molecule has 1 atom stereocenters. The van der Waals surface area contributed by atoms with Crippen LogP contribution in [0.5, 0.6) is 0 Å². The van der Waals surface area contributed by atoms with E-state index in [0.717, 1.165) is 55.7 Å². The molecule has 5 nitrogen and oxygen atoms in total. The zero-order valence-corrected chi connectivity index (χ0v) is 15.2. The van der Waals surface area contributed by atoms with Gasteiger partial charge in [-0.3, -0.25) is 4.79 Å². The summed E-state index contributed by atoms with van der Waals surface area (Å²) in [5, 5.41) is 1.07. The van der Waals surface area contributed by atoms with Gasteiger partial charge in [-0.05, 0) is 36.1 Å². The third kappa shape index (κ3) is 2.83. The number of benzene rings is 2. The first-order chi connectivity index (χ1) is 13.3. The van der Waals surface area contributed by atoms with E-state index in [-0.39, 0.29) is 11.8 Å². The van der Waals surface area contributed by atoms with Gasteiger partial charge in [0.15, 0.2) is 0 Å². The second-order valence-electron chi connectivity index (χ2n) is 7.32. The highest BCUT2D eigenvalue weighted by molar-refractivity contribution is 5.89. The van der Waals surface area contributed by atoms with Gasteiger partial charge in [0.05, 0.1) is 11.4 Å². The summed E-state index contributed by atoms with van der Waals surface area (Å²) in [5.74, 6) is 1.29. The number of anilines is 1. The summed E-state index contributed by atoms with van der Waals surface area (Å²) in [6.07, 6.45) is 3.58. The lowest BCUT2D eigenvalue weighted by Crippen LogP contribution is -2.50. The number of rotatable bonds is 2. The maximum atomic E-state index is 13.1. The fourth-order valence-electron chi connectivity index (χ4n) is 4.42. The van der Waals surface area contributed by atoms with Crippen LogP contribution in [0.2, 0.25) is 0 Å². The first-order valence-corrected chi connectivity index (χ1v) is 9.62. The predicted molar refractivity (Wildman–Crippen MR) is 106 cm³/mol. The van der Waals surface area contributed by atoms with Gasteiger partial charge in [-0.1, -0.05) is 36.4 Å². The molecular weight excluding hydrogens is 336 g/mol. The third-order valence-corrected chi connectivity index (χ3v) is 5.84. The van der Waals surface area contributed by atoms with E-state index in [4.69, 9.17) is 0 Å². The molecule has 1 aliphatic carbocycles. The average Bonchev–Trinajstić information content (AvgIpc) is 3.17. The molecule has 2 aromatic carbocycles. The first kappa shape index (κ1) is 16.2. The summed E-state index contributed by atoms with van der Waals surface area (Å²) in [6.45, 7) is 3.11. The number of nitrogens with zero attached hydrogens (tertiary/aromatic N) is 4. The van der Waals surface area contributed by atoms with E-state index in [0.29, 0.717) is 0 Å². The fraction of sp³-hybridized carbons (Fsp3) is 0.318. The topological polar surface area (TPSA) is 49.3 Å². The van der Waals surface area contributed by atoms with Crippen molar-refractivity contribution in [1.29, 1.82) is 0 Å². The fourth-order valence-corrected chi connectivity index (χ4v) is 4.42. The van der Waals surface area contributed by atoms with Crippen LogP contribution in [-0.4, -0.2) is 47.0 Å². The molecule has 1 amide bonds. The number of fused-ring (bicyclic) bond motifs is 2. The van der Waals surface area contributed by atoms with Gasteiger partial charge >= 0.3 is 0 Å². The highest BCUT2D eigenvalue weighted by atomic mass is 16.2. The Morgan fingerprint density at radius 3 is 2.59 bits per heavy atom. The molecule has 27 heavy (non-hydrogen) atoms. The number of carbonyl (C=O) groups excluding carboxylic acids is 1. The van der Waals surface area contributed by atoms with Gasteiger partial charge in [0.25, 0.3) is 0 Å². The number of aromatic nitrogens is 2. The Balaban J connectivity index is 1.31. The van der Waals surface area contributed by atoms with E-state index in [1.165, 1.54) is 11.1 Å². The largest absolute Gasteiger partial charge is 0.352 e. The van der Waals surface area contributed by atoms with Gasteiger partial charge in [0.1, 0.15) is 12.1 Å². The van der Waals surface area contributed by atoms with Crippen molar-refractivity contribution in [3.63, 3.8) is 0 Å². The number of piperazine rings is 1. The number of hydrogen-bond donors (Lipinski definition) is 0. The summed E-state index contributed by atoms with van der Waals surface area (Å²) in [7, 11) is 0. The molecule has 2 heterocycles. The van der Waals surface area contributed by atoms with Crippen LogP contribution in [0.25, 0.3) is 10.9 Å². The van der Waals surface area contributed by atoms with Crippen molar-refractivity contribution < 1.29 is 4.79 Å². The lowest BCUT2D eigenvalue weighted by molar-refractivity contribution is -0.133. The molecule has 2 aliphatic rings. The summed E-state index contributed by atoms with van der Waals surface area (Å²) in [5.41, 5.74) is 3.53. The van der Waals surface area contributed by atoms with Gasteiger partial charge < -0.3 is 9.80 Å². The summed E-state index contributed by atoms with van der Waals surface area (Å²) in [6, 6.07) is 16.5. The normalized spacial score (nSPS) is 19.3. The Bertz CT molecular complexity index is 989. The molecular formula is C22H22N4O. The number of amides is 1. The molecule has 0 N–H and O–H groups in total. The van der Waals surface area contributed by atoms with E-state index in [9.17, 15) is 4.79 Å². The van der Waals surface area contributed by atoms with Crippen LogP contribution < -0.4 is 4.90 Å². The van der Waals surface area contributed by atoms with Gasteiger partial charge in [-0.2, -0.15) is 0 Å². The van der Waals surface area contributed by atoms with Gasteiger partial charge in [-0.15, -0.1) is 0 Å². The molecule has 5 rings (SSSR count). The molecule has 0 radical (unpaired) electrons. The van der Waals surface area contributed by atoms with Crippen molar-refractivity contribution in [2.24, 2.45) is 0 Å². The van der Waals surface area contributed by atoms with Crippen molar-refractivity contribution >= 4 is 22.6 Å². The molecule has 1 aromatic heterocycles. The number of carbonyl (C=O) groups is 1. The highest BCUT2D eigenvalue weighted by Crippen LogP contribution is 2.34. The zero-order valence-electron chi connectivity index (χ0n) is 15.2. The second-order valence-corrected chi connectivity index (χ2v) is 7.32. The Hall–Kier alpha value is -2.95. The lowest BCUT2D eigenvalue weighted by Gasteiger charge is -2.37. The van der Waals surface area contributed by atoms with Crippen LogP contribution in [0.15, 0.2) is 54.9 Å². The Morgan fingerprint density at radius 2 is 1.70 bits per heavy atom. The van der Waals surface area contributed by atoms with Crippen LogP contribution in [-0.2, 0) is 11.2 Å².